The van der Waals surface area contributed by atoms with E-state index in [9.17, 15) is 9.90 Å². The molecule has 0 aliphatic rings. The summed E-state index contributed by atoms with van der Waals surface area (Å²) in [5.41, 5.74) is 4.65. The van der Waals surface area contributed by atoms with Gasteiger partial charge in [-0.15, -0.1) is 0 Å². The summed E-state index contributed by atoms with van der Waals surface area (Å²) < 4.78 is 5.94. The van der Waals surface area contributed by atoms with Gasteiger partial charge in [0, 0.05) is 19.6 Å². The molecule has 0 fully saturated rings. The van der Waals surface area contributed by atoms with Gasteiger partial charge in [0.25, 0.3) is 0 Å². The molecule has 178 valence electrons. The van der Waals surface area contributed by atoms with Crippen LogP contribution in [0.3, 0.4) is 0 Å². The second kappa shape index (κ2) is 12.5. The molecule has 2 N–H and O–H groups in total. The Hall–Kier alpha value is -3.93. The van der Waals surface area contributed by atoms with E-state index in [1.807, 2.05) is 72.8 Å². The highest BCUT2D eigenvalue weighted by atomic mass is 16.5. The first-order valence-electron chi connectivity index (χ1n) is 11.7. The van der Waals surface area contributed by atoms with E-state index < -0.39 is 6.10 Å². The van der Waals surface area contributed by atoms with Crippen molar-refractivity contribution in [3.8, 4) is 5.75 Å². The standard InChI is InChI=1S/C30H30N2O3/c33-23-31-28-18-27(16-17-30(28)35-22-26-14-8-3-9-15-26)29(34)21-32(19-24-10-4-1-5-11-24)20-25-12-6-2-7-13-25/h1-18,23,29,34H,19-22H2,(H,31,33)/t29-/m0/s1. The van der Waals surface area contributed by atoms with Crippen LogP contribution >= 0.6 is 0 Å². The number of hydrogen-bond donors (Lipinski definition) is 2. The van der Waals surface area contributed by atoms with E-state index in [-0.39, 0.29) is 0 Å². The van der Waals surface area contributed by atoms with E-state index in [1.165, 1.54) is 11.1 Å². The summed E-state index contributed by atoms with van der Waals surface area (Å²) in [5.74, 6) is 0.558. The Bertz CT molecular complexity index is 1140. The smallest absolute Gasteiger partial charge is 0.211 e. The SMILES string of the molecule is O=CNc1cc([C@@H](O)CN(Cc2ccccc2)Cc2ccccc2)ccc1OCc1ccccc1. The number of hydrogen-bond acceptors (Lipinski definition) is 4. The second-order valence-electron chi connectivity index (χ2n) is 8.45. The first kappa shape index (κ1) is 24.2. The van der Waals surface area contributed by atoms with Crippen molar-refractivity contribution in [2.45, 2.75) is 25.8 Å². The van der Waals surface area contributed by atoms with E-state index in [4.69, 9.17) is 4.74 Å². The molecule has 4 aromatic rings. The quantitative estimate of drug-likeness (QED) is 0.268. The number of aliphatic hydroxyl groups is 1. The fourth-order valence-electron chi connectivity index (χ4n) is 4.01. The number of ether oxygens (including phenoxy) is 1. The second-order valence-corrected chi connectivity index (χ2v) is 8.45. The molecule has 0 bridgehead atoms. The van der Waals surface area contributed by atoms with Crippen molar-refractivity contribution in [3.05, 3.63) is 131 Å². The van der Waals surface area contributed by atoms with Crippen molar-refractivity contribution in [1.29, 1.82) is 0 Å². The normalized spacial score (nSPS) is 11.7. The van der Waals surface area contributed by atoms with Crippen LogP contribution in [0.25, 0.3) is 0 Å². The van der Waals surface area contributed by atoms with Gasteiger partial charge < -0.3 is 15.2 Å². The molecule has 1 atom stereocenters. The Balaban J connectivity index is 1.49. The number of rotatable bonds is 12. The van der Waals surface area contributed by atoms with Gasteiger partial charge in [0.2, 0.25) is 6.41 Å². The molecule has 35 heavy (non-hydrogen) atoms. The third-order valence-corrected chi connectivity index (χ3v) is 5.77. The summed E-state index contributed by atoms with van der Waals surface area (Å²) in [6.45, 7) is 2.25. The zero-order valence-corrected chi connectivity index (χ0v) is 19.6. The predicted octanol–water partition coefficient (Wildman–Crippen LogP) is 5.57. The van der Waals surface area contributed by atoms with Crippen molar-refractivity contribution < 1.29 is 14.6 Å². The zero-order valence-electron chi connectivity index (χ0n) is 19.6. The Morgan fingerprint density at radius 3 is 1.86 bits per heavy atom. The molecule has 0 heterocycles. The number of benzene rings is 4. The molecule has 4 rings (SSSR count). The zero-order chi connectivity index (χ0) is 24.3. The lowest BCUT2D eigenvalue weighted by atomic mass is 10.1. The average molecular weight is 467 g/mol. The molecule has 0 aliphatic carbocycles. The molecule has 0 saturated heterocycles. The molecule has 0 spiro atoms. The van der Waals surface area contributed by atoms with Crippen LogP contribution in [0.1, 0.15) is 28.4 Å². The lowest BCUT2D eigenvalue weighted by Crippen LogP contribution is -2.28. The van der Waals surface area contributed by atoms with Crippen LogP contribution in [0, 0.1) is 0 Å². The Morgan fingerprint density at radius 2 is 1.31 bits per heavy atom. The molecule has 0 saturated carbocycles. The van der Waals surface area contributed by atoms with Crippen molar-refractivity contribution >= 4 is 12.1 Å². The summed E-state index contributed by atoms with van der Waals surface area (Å²) in [6.07, 6.45) is -0.115. The Kier molecular flexibility index (Phi) is 8.65. The highest BCUT2D eigenvalue weighted by Gasteiger charge is 2.17. The van der Waals surface area contributed by atoms with E-state index >= 15 is 0 Å². The van der Waals surface area contributed by atoms with Crippen LogP contribution in [-0.2, 0) is 24.5 Å². The molecule has 5 nitrogen and oxygen atoms in total. The number of aliphatic hydroxyl groups excluding tert-OH is 1. The summed E-state index contributed by atoms with van der Waals surface area (Å²) in [5, 5.41) is 13.9. The van der Waals surface area contributed by atoms with E-state index in [0.29, 0.717) is 49.7 Å². The van der Waals surface area contributed by atoms with Gasteiger partial charge in [0.1, 0.15) is 12.4 Å². The van der Waals surface area contributed by atoms with Crippen molar-refractivity contribution in [1.82, 2.24) is 4.90 Å². The number of nitrogens with zero attached hydrogens (tertiary/aromatic N) is 1. The predicted molar refractivity (Wildman–Crippen MR) is 139 cm³/mol. The van der Waals surface area contributed by atoms with Crippen LogP contribution in [0.4, 0.5) is 5.69 Å². The maximum atomic E-state index is 11.2. The third kappa shape index (κ3) is 7.27. The van der Waals surface area contributed by atoms with Crippen LogP contribution < -0.4 is 10.1 Å². The van der Waals surface area contributed by atoms with Gasteiger partial charge in [-0.25, -0.2) is 0 Å². The first-order chi connectivity index (χ1) is 17.2. The monoisotopic (exact) mass is 466 g/mol. The maximum absolute atomic E-state index is 11.2. The number of amides is 1. The number of nitrogens with one attached hydrogen (secondary N) is 1. The summed E-state index contributed by atoms with van der Waals surface area (Å²) in [4.78, 5) is 13.5. The first-order valence-corrected chi connectivity index (χ1v) is 11.7. The van der Waals surface area contributed by atoms with E-state index in [1.54, 1.807) is 12.1 Å². The summed E-state index contributed by atoms with van der Waals surface area (Å²) >= 11 is 0. The van der Waals surface area contributed by atoms with Gasteiger partial charge in [-0.3, -0.25) is 9.69 Å². The van der Waals surface area contributed by atoms with Crippen molar-refractivity contribution in [3.63, 3.8) is 0 Å². The fourth-order valence-corrected chi connectivity index (χ4v) is 4.01. The number of carbonyl (C=O) groups is 1. The van der Waals surface area contributed by atoms with Gasteiger partial charge in [-0.05, 0) is 34.4 Å². The van der Waals surface area contributed by atoms with Crippen molar-refractivity contribution in [2.75, 3.05) is 11.9 Å². The van der Waals surface area contributed by atoms with Gasteiger partial charge in [-0.1, -0.05) is 97.1 Å². The van der Waals surface area contributed by atoms with Gasteiger partial charge in [-0.2, -0.15) is 0 Å². The lowest BCUT2D eigenvalue weighted by Gasteiger charge is -2.26. The fraction of sp³-hybridized carbons (Fsp3) is 0.167. The van der Waals surface area contributed by atoms with E-state index in [0.717, 1.165) is 5.56 Å². The molecular formula is C30H30N2O3. The molecule has 5 heteroatoms. The van der Waals surface area contributed by atoms with E-state index in [2.05, 4.69) is 34.5 Å². The summed E-state index contributed by atoms with van der Waals surface area (Å²) in [6, 6.07) is 35.8. The number of anilines is 1. The minimum Gasteiger partial charge on any atom is -0.487 e. The van der Waals surface area contributed by atoms with Crippen LogP contribution in [-0.4, -0.2) is 23.0 Å². The Morgan fingerprint density at radius 1 is 0.771 bits per heavy atom. The highest BCUT2D eigenvalue weighted by molar-refractivity contribution is 5.76. The van der Waals surface area contributed by atoms with Gasteiger partial charge in [0.05, 0.1) is 11.8 Å². The topological polar surface area (TPSA) is 61.8 Å². The molecule has 0 aromatic heterocycles. The number of carbonyl (C=O) groups excluding carboxylic acids is 1. The summed E-state index contributed by atoms with van der Waals surface area (Å²) in [7, 11) is 0. The van der Waals surface area contributed by atoms with Crippen molar-refractivity contribution in [2.24, 2.45) is 0 Å². The van der Waals surface area contributed by atoms with Gasteiger partial charge >= 0.3 is 0 Å². The lowest BCUT2D eigenvalue weighted by molar-refractivity contribution is -0.105. The average Bonchev–Trinajstić information content (AvgIpc) is 2.90. The minimum atomic E-state index is -0.738. The van der Waals surface area contributed by atoms with Crippen LogP contribution in [0.2, 0.25) is 0 Å². The maximum Gasteiger partial charge on any atom is 0.211 e. The molecular weight excluding hydrogens is 436 g/mol. The molecule has 4 aromatic carbocycles. The largest absolute Gasteiger partial charge is 0.487 e. The molecule has 0 unspecified atom stereocenters. The van der Waals surface area contributed by atoms with Gasteiger partial charge in [0.15, 0.2) is 0 Å². The van der Waals surface area contributed by atoms with Crippen LogP contribution in [0.5, 0.6) is 5.75 Å². The third-order valence-electron chi connectivity index (χ3n) is 5.77. The minimum absolute atomic E-state index is 0.387. The highest BCUT2D eigenvalue weighted by Crippen LogP contribution is 2.29. The molecule has 0 aliphatic heterocycles. The Labute approximate surface area is 206 Å². The van der Waals surface area contributed by atoms with Crippen LogP contribution in [0.15, 0.2) is 109 Å². The molecule has 0 radical (unpaired) electrons. The molecule has 1 amide bonds.